The Morgan fingerprint density at radius 1 is 1.34 bits per heavy atom. The summed E-state index contributed by atoms with van der Waals surface area (Å²) in [4.78, 5) is 44.9. The molecule has 0 saturated carbocycles. The summed E-state index contributed by atoms with van der Waals surface area (Å²) >= 11 is 0. The minimum absolute atomic E-state index is 0.0523. The van der Waals surface area contributed by atoms with Crippen LogP contribution in [0.5, 0.6) is 0 Å². The normalized spacial score (nSPS) is 21.2. The van der Waals surface area contributed by atoms with E-state index in [0.717, 1.165) is 16.9 Å². The fraction of sp³-hybridized carbons (Fsp3) is 0.455. The number of imidazole rings is 1. The molecule has 10 nitrogen and oxygen atoms in total. The van der Waals surface area contributed by atoms with Gasteiger partial charge in [0.05, 0.1) is 23.6 Å². The number of nitrogens with one attached hydrogen (secondary N) is 1. The Labute approximate surface area is 184 Å². The van der Waals surface area contributed by atoms with Crippen molar-refractivity contribution in [1.29, 1.82) is 0 Å². The van der Waals surface area contributed by atoms with Gasteiger partial charge in [-0.05, 0) is 32.4 Å². The number of aromatic nitrogens is 4. The van der Waals surface area contributed by atoms with E-state index in [4.69, 9.17) is 4.74 Å². The van der Waals surface area contributed by atoms with Gasteiger partial charge >= 0.3 is 5.69 Å². The van der Waals surface area contributed by atoms with Gasteiger partial charge in [0, 0.05) is 25.4 Å². The first-order chi connectivity index (χ1) is 15.2. The Hall–Kier alpha value is -3.24. The molecule has 32 heavy (non-hydrogen) atoms. The first-order valence-corrected chi connectivity index (χ1v) is 10.5. The van der Waals surface area contributed by atoms with E-state index in [1.54, 1.807) is 13.8 Å². The number of fused-ring (bicyclic) bond motifs is 1. The average molecular weight is 441 g/mol. The first-order valence-electron chi connectivity index (χ1n) is 10.5. The van der Waals surface area contributed by atoms with Crippen molar-refractivity contribution in [2.45, 2.75) is 38.5 Å². The highest BCUT2D eigenvalue weighted by Gasteiger charge is 2.41. The highest BCUT2D eigenvalue weighted by molar-refractivity contribution is 5.78. The molecule has 4 rings (SSSR count). The Morgan fingerprint density at radius 3 is 2.81 bits per heavy atom. The van der Waals surface area contributed by atoms with Crippen LogP contribution in [0.4, 0.5) is 0 Å². The standard InChI is InChI=1S/C22H27N5O5/c1-14-10-27(21(30)24-20(14)29)17-8-9-26(13-22(17,2)31)19(28)12-32-11-18-23-15-6-4-5-7-16(15)25(18)3/h4-7,10,17,31H,8-9,11-13H2,1-3H3,(H,24,29,30)/t17-,22-/m0/s1. The molecule has 2 N–H and O–H groups in total. The minimum atomic E-state index is -1.35. The second-order valence-electron chi connectivity index (χ2n) is 8.52. The van der Waals surface area contributed by atoms with Gasteiger partial charge in [0.25, 0.3) is 5.56 Å². The number of likely N-dealkylation sites (tertiary alicyclic amines) is 1. The molecule has 1 aliphatic rings. The van der Waals surface area contributed by atoms with Crippen molar-refractivity contribution in [2.75, 3.05) is 19.7 Å². The Morgan fingerprint density at radius 2 is 2.09 bits per heavy atom. The largest absolute Gasteiger partial charge is 0.386 e. The molecule has 1 saturated heterocycles. The van der Waals surface area contributed by atoms with Gasteiger partial charge < -0.3 is 19.3 Å². The van der Waals surface area contributed by atoms with Crippen LogP contribution < -0.4 is 11.2 Å². The highest BCUT2D eigenvalue weighted by atomic mass is 16.5. The molecule has 0 spiro atoms. The average Bonchev–Trinajstić information content (AvgIpc) is 3.06. The number of hydrogen-bond donors (Lipinski definition) is 2. The summed E-state index contributed by atoms with van der Waals surface area (Å²) in [6.45, 7) is 3.66. The van der Waals surface area contributed by atoms with E-state index in [-0.39, 0.29) is 25.7 Å². The van der Waals surface area contributed by atoms with Crippen molar-refractivity contribution in [3.63, 3.8) is 0 Å². The van der Waals surface area contributed by atoms with Crippen molar-refractivity contribution < 1.29 is 14.6 Å². The zero-order chi connectivity index (χ0) is 23.0. The summed E-state index contributed by atoms with van der Waals surface area (Å²) in [6, 6.07) is 7.19. The number of aryl methyl sites for hydroxylation is 2. The molecule has 1 aromatic carbocycles. The number of β-amino-alcohol motifs (C(OH)–C–C–N with tert-alkyl or cyclic N) is 1. The third kappa shape index (κ3) is 4.11. The van der Waals surface area contributed by atoms with E-state index in [1.165, 1.54) is 15.7 Å². The van der Waals surface area contributed by atoms with Crippen LogP contribution in [-0.2, 0) is 23.2 Å². The fourth-order valence-electron chi connectivity index (χ4n) is 4.27. The lowest BCUT2D eigenvalue weighted by atomic mass is 9.88. The number of carbonyl (C=O) groups is 1. The lowest BCUT2D eigenvalue weighted by Crippen LogP contribution is -2.56. The van der Waals surface area contributed by atoms with Crippen LogP contribution in [0.2, 0.25) is 0 Å². The van der Waals surface area contributed by atoms with Crippen LogP contribution in [0.15, 0.2) is 40.1 Å². The number of aromatic amines is 1. The van der Waals surface area contributed by atoms with Gasteiger partial charge in [0.15, 0.2) is 0 Å². The van der Waals surface area contributed by atoms with Crippen LogP contribution >= 0.6 is 0 Å². The van der Waals surface area contributed by atoms with E-state index in [2.05, 4.69) is 9.97 Å². The van der Waals surface area contributed by atoms with Gasteiger partial charge in [0.2, 0.25) is 5.91 Å². The van der Waals surface area contributed by atoms with Gasteiger partial charge in [-0.1, -0.05) is 12.1 Å². The number of nitrogens with zero attached hydrogens (tertiary/aromatic N) is 4. The smallest absolute Gasteiger partial charge is 0.328 e. The van der Waals surface area contributed by atoms with Crippen molar-refractivity contribution in [2.24, 2.45) is 7.05 Å². The molecule has 1 fully saturated rings. The van der Waals surface area contributed by atoms with Gasteiger partial charge in [-0.15, -0.1) is 0 Å². The molecule has 0 aliphatic carbocycles. The Bertz CT molecular complexity index is 1270. The predicted octanol–water partition coefficient (Wildman–Crippen LogP) is 0.473. The number of piperidine rings is 1. The van der Waals surface area contributed by atoms with Crippen molar-refractivity contribution >= 4 is 16.9 Å². The molecule has 3 heterocycles. The molecular formula is C22H27N5O5. The summed E-state index contributed by atoms with van der Waals surface area (Å²) in [6.07, 6.45) is 1.83. The maximum Gasteiger partial charge on any atom is 0.328 e. The lowest BCUT2D eigenvalue weighted by molar-refractivity contribution is -0.146. The van der Waals surface area contributed by atoms with Crippen LogP contribution in [0.3, 0.4) is 0 Å². The monoisotopic (exact) mass is 441 g/mol. The second kappa shape index (κ2) is 8.36. The van der Waals surface area contributed by atoms with E-state index < -0.39 is 22.9 Å². The highest BCUT2D eigenvalue weighted by Crippen LogP contribution is 2.30. The zero-order valence-electron chi connectivity index (χ0n) is 18.4. The van der Waals surface area contributed by atoms with Crippen LogP contribution in [0.25, 0.3) is 11.0 Å². The molecule has 1 amide bonds. The number of carbonyl (C=O) groups excluding carboxylic acids is 1. The molecule has 0 unspecified atom stereocenters. The summed E-state index contributed by atoms with van der Waals surface area (Å²) in [5.74, 6) is 0.477. The molecule has 10 heteroatoms. The van der Waals surface area contributed by atoms with Crippen molar-refractivity contribution in [3.05, 3.63) is 62.7 Å². The lowest BCUT2D eigenvalue weighted by Gasteiger charge is -2.43. The Kier molecular flexibility index (Phi) is 5.74. The van der Waals surface area contributed by atoms with Crippen molar-refractivity contribution in [1.82, 2.24) is 24.0 Å². The number of amides is 1. The zero-order valence-corrected chi connectivity index (χ0v) is 18.4. The predicted molar refractivity (Wildman–Crippen MR) is 117 cm³/mol. The Balaban J connectivity index is 1.38. The van der Waals surface area contributed by atoms with E-state index >= 15 is 0 Å². The van der Waals surface area contributed by atoms with Crippen LogP contribution in [0, 0.1) is 6.92 Å². The number of benzene rings is 1. The molecule has 2 aromatic heterocycles. The topological polar surface area (TPSA) is 122 Å². The summed E-state index contributed by atoms with van der Waals surface area (Å²) in [5, 5.41) is 11.0. The van der Waals surface area contributed by atoms with Gasteiger partial charge in [-0.2, -0.15) is 0 Å². The number of ether oxygens (including phenoxy) is 1. The van der Waals surface area contributed by atoms with Crippen LogP contribution in [0.1, 0.15) is 30.8 Å². The quantitative estimate of drug-likeness (QED) is 0.594. The first kappa shape index (κ1) is 22.0. The number of H-pyrrole nitrogens is 1. The molecular weight excluding hydrogens is 414 g/mol. The second-order valence-corrected chi connectivity index (χ2v) is 8.52. The van der Waals surface area contributed by atoms with Gasteiger partial charge in [-0.25, -0.2) is 9.78 Å². The number of para-hydroxylation sites is 2. The van der Waals surface area contributed by atoms with E-state index in [0.29, 0.717) is 18.5 Å². The number of rotatable bonds is 5. The molecule has 170 valence electrons. The van der Waals surface area contributed by atoms with Crippen molar-refractivity contribution in [3.8, 4) is 0 Å². The maximum absolute atomic E-state index is 12.7. The molecule has 1 aliphatic heterocycles. The third-order valence-corrected chi connectivity index (χ3v) is 6.07. The third-order valence-electron chi connectivity index (χ3n) is 6.07. The maximum atomic E-state index is 12.7. The fourth-order valence-corrected chi connectivity index (χ4v) is 4.27. The molecule has 0 radical (unpaired) electrons. The van der Waals surface area contributed by atoms with E-state index in [1.807, 2.05) is 35.9 Å². The van der Waals surface area contributed by atoms with Gasteiger partial charge in [0.1, 0.15) is 24.6 Å². The summed E-state index contributed by atoms with van der Waals surface area (Å²) in [7, 11) is 1.90. The molecule has 2 atom stereocenters. The number of aliphatic hydroxyl groups is 1. The summed E-state index contributed by atoms with van der Waals surface area (Å²) in [5.41, 5.74) is -0.129. The summed E-state index contributed by atoms with van der Waals surface area (Å²) < 4.78 is 8.90. The SMILES string of the molecule is Cc1cn([C@H]2CCN(C(=O)COCc3nc4ccccc4n3C)C[C@]2(C)O)c(=O)[nH]c1=O. The van der Waals surface area contributed by atoms with Crippen LogP contribution in [-0.4, -0.2) is 60.3 Å². The number of hydrogen-bond acceptors (Lipinski definition) is 6. The molecule has 3 aromatic rings. The van der Waals surface area contributed by atoms with E-state index in [9.17, 15) is 19.5 Å². The van der Waals surface area contributed by atoms with Gasteiger partial charge in [-0.3, -0.25) is 19.1 Å². The minimum Gasteiger partial charge on any atom is -0.386 e. The molecule has 0 bridgehead atoms.